The van der Waals surface area contributed by atoms with Crippen LogP contribution in [0, 0.1) is 20.8 Å². The van der Waals surface area contributed by atoms with Gasteiger partial charge in [0.1, 0.15) is 6.04 Å². The van der Waals surface area contributed by atoms with E-state index in [1.54, 1.807) is 19.9 Å². The van der Waals surface area contributed by atoms with Gasteiger partial charge in [-0.05, 0) is 43.0 Å². The fourth-order valence-electron chi connectivity index (χ4n) is 1.65. The zero-order chi connectivity index (χ0) is 12.5. The fraction of sp³-hybridized carbons (Fsp3) is 0.455. The summed E-state index contributed by atoms with van der Waals surface area (Å²) in [4.78, 5) is 0. The quantitative estimate of drug-likeness (QED) is 0.607. The molecule has 1 atom stereocenters. The molecule has 0 fully saturated rings. The molecule has 90 valence electrons. The fourth-order valence-corrected chi connectivity index (χ4v) is 1.65. The topological polar surface area (TPSA) is 38.0 Å². The van der Waals surface area contributed by atoms with E-state index in [1.165, 1.54) is 6.07 Å². The molecule has 0 aliphatic heterocycles. The van der Waals surface area contributed by atoms with Gasteiger partial charge in [0.2, 0.25) is 0 Å². The first-order valence-electron chi connectivity index (χ1n) is 4.88. The molecule has 1 rings (SSSR count). The summed E-state index contributed by atoms with van der Waals surface area (Å²) in [5, 5.41) is 0. The van der Waals surface area contributed by atoms with Crippen LogP contribution in [0.15, 0.2) is 12.1 Å². The number of benzene rings is 1. The highest BCUT2D eigenvalue weighted by Crippen LogP contribution is 2.34. The third-order valence-electron chi connectivity index (χ3n) is 2.69. The van der Waals surface area contributed by atoms with E-state index in [4.69, 9.17) is 5.84 Å². The second kappa shape index (κ2) is 4.43. The first kappa shape index (κ1) is 13.0. The molecule has 0 radical (unpaired) electrons. The number of rotatable bonds is 2. The van der Waals surface area contributed by atoms with E-state index in [0.717, 1.165) is 11.1 Å². The maximum Gasteiger partial charge on any atom is 0.409 e. The normalized spacial score (nSPS) is 13.9. The highest BCUT2D eigenvalue weighted by Gasteiger charge is 2.40. The molecule has 0 aliphatic rings. The molecule has 0 heterocycles. The number of hydrazine groups is 1. The first-order chi connectivity index (χ1) is 7.27. The Labute approximate surface area is 92.6 Å². The van der Waals surface area contributed by atoms with Crippen LogP contribution in [0.3, 0.4) is 0 Å². The summed E-state index contributed by atoms with van der Waals surface area (Å²) < 4.78 is 38.0. The van der Waals surface area contributed by atoms with Gasteiger partial charge in [-0.25, -0.2) is 5.43 Å². The Balaban J connectivity index is 3.26. The molecule has 2 nitrogen and oxygen atoms in total. The highest BCUT2D eigenvalue weighted by molar-refractivity contribution is 5.38. The van der Waals surface area contributed by atoms with Gasteiger partial charge in [-0.3, -0.25) is 5.84 Å². The molecule has 5 heteroatoms. The zero-order valence-corrected chi connectivity index (χ0v) is 9.44. The number of aryl methyl sites for hydroxylation is 3. The van der Waals surface area contributed by atoms with Gasteiger partial charge in [0.15, 0.2) is 0 Å². The van der Waals surface area contributed by atoms with Crippen LogP contribution in [-0.2, 0) is 0 Å². The summed E-state index contributed by atoms with van der Waals surface area (Å²) in [5.41, 5.74) is 4.38. The second-order valence-corrected chi connectivity index (χ2v) is 3.93. The van der Waals surface area contributed by atoms with Crippen LogP contribution in [0.5, 0.6) is 0 Å². The van der Waals surface area contributed by atoms with Crippen molar-refractivity contribution in [1.29, 1.82) is 0 Å². The van der Waals surface area contributed by atoms with Crippen molar-refractivity contribution in [2.45, 2.75) is 33.0 Å². The zero-order valence-electron chi connectivity index (χ0n) is 9.44. The van der Waals surface area contributed by atoms with E-state index in [2.05, 4.69) is 0 Å². The van der Waals surface area contributed by atoms with E-state index in [9.17, 15) is 13.2 Å². The molecular weight excluding hydrogens is 217 g/mol. The lowest BCUT2D eigenvalue weighted by atomic mass is 9.96. The molecule has 0 saturated carbocycles. The van der Waals surface area contributed by atoms with Crippen molar-refractivity contribution in [3.63, 3.8) is 0 Å². The van der Waals surface area contributed by atoms with Crippen LogP contribution in [0.4, 0.5) is 13.2 Å². The standard InChI is InChI=1S/C11H15F3N2/c1-6-4-8(3)9(5-7(6)2)10(16-15)11(12,13)14/h4-5,10,16H,15H2,1-3H3. The lowest BCUT2D eigenvalue weighted by Gasteiger charge is -2.22. The first-order valence-corrected chi connectivity index (χ1v) is 4.88. The van der Waals surface area contributed by atoms with E-state index in [1.807, 2.05) is 12.3 Å². The molecular formula is C11H15F3N2. The van der Waals surface area contributed by atoms with Crippen molar-refractivity contribution in [1.82, 2.24) is 5.43 Å². The van der Waals surface area contributed by atoms with E-state index in [0.29, 0.717) is 5.56 Å². The Bertz CT molecular complexity index is 386. The molecule has 1 aromatic rings. The summed E-state index contributed by atoms with van der Waals surface area (Å²) in [6.45, 7) is 5.30. The van der Waals surface area contributed by atoms with Crippen LogP contribution in [-0.4, -0.2) is 6.18 Å². The Morgan fingerprint density at radius 3 is 2.00 bits per heavy atom. The van der Waals surface area contributed by atoms with Crippen LogP contribution >= 0.6 is 0 Å². The van der Waals surface area contributed by atoms with Gasteiger partial charge in [-0.15, -0.1) is 0 Å². The third-order valence-corrected chi connectivity index (χ3v) is 2.69. The molecule has 0 aliphatic carbocycles. The predicted octanol–water partition coefficient (Wildman–Crippen LogP) is 2.68. The number of alkyl halides is 3. The van der Waals surface area contributed by atoms with E-state index < -0.39 is 12.2 Å². The minimum Gasteiger partial charge on any atom is -0.271 e. The second-order valence-electron chi connectivity index (χ2n) is 3.93. The van der Waals surface area contributed by atoms with Gasteiger partial charge in [0, 0.05) is 0 Å². The lowest BCUT2D eigenvalue weighted by Crippen LogP contribution is -2.38. The van der Waals surface area contributed by atoms with Crippen LogP contribution in [0.1, 0.15) is 28.3 Å². The number of halogens is 3. The maximum atomic E-state index is 12.7. The van der Waals surface area contributed by atoms with Gasteiger partial charge in [0.05, 0.1) is 0 Å². The van der Waals surface area contributed by atoms with E-state index in [-0.39, 0.29) is 5.56 Å². The van der Waals surface area contributed by atoms with E-state index >= 15 is 0 Å². The SMILES string of the molecule is Cc1cc(C)c(C(NN)C(F)(F)F)cc1C. The molecule has 0 spiro atoms. The van der Waals surface area contributed by atoms with Crippen molar-refractivity contribution >= 4 is 0 Å². The molecule has 3 N–H and O–H groups in total. The molecule has 0 aromatic heterocycles. The Kier molecular flexibility index (Phi) is 3.60. The minimum atomic E-state index is -4.39. The largest absolute Gasteiger partial charge is 0.409 e. The van der Waals surface area contributed by atoms with Crippen LogP contribution < -0.4 is 11.3 Å². The molecule has 0 bridgehead atoms. The van der Waals surface area contributed by atoms with Crippen molar-refractivity contribution in [3.8, 4) is 0 Å². The number of hydrogen-bond donors (Lipinski definition) is 2. The summed E-state index contributed by atoms with van der Waals surface area (Å²) in [6, 6.07) is 1.45. The van der Waals surface area contributed by atoms with Crippen molar-refractivity contribution in [3.05, 3.63) is 34.4 Å². The molecule has 0 saturated heterocycles. The molecule has 16 heavy (non-hydrogen) atoms. The van der Waals surface area contributed by atoms with Gasteiger partial charge in [-0.1, -0.05) is 12.1 Å². The van der Waals surface area contributed by atoms with Crippen molar-refractivity contribution in [2.24, 2.45) is 5.84 Å². The molecule has 0 amide bonds. The molecule has 1 aromatic carbocycles. The highest BCUT2D eigenvalue weighted by atomic mass is 19.4. The molecule has 1 unspecified atom stereocenters. The van der Waals surface area contributed by atoms with Crippen molar-refractivity contribution in [2.75, 3.05) is 0 Å². The average molecular weight is 232 g/mol. The van der Waals surface area contributed by atoms with Gasteiger partial charge in [-0.2, -0.15) is 13.2 Å². The van der Waals surface area contributed by atoms with Gasteiger partial charge in [0.25, 0.3) is 0 Å². The average Bonchev–Trinajstić information content (AvgIpc) is 2.12. The summed E-state index contributed by atoms with van der Waals surface area (Å²) in [7, 11) is 0. The maximum absolute atomic E-state index is 12.7. The number of nitrogens with one attached hydrogen (secondary N) is 1. The smallest absolute Gasteiger partial charge is 0.271 e. The third kappa shape index (κ3) is 2.54. The Morgan fingerprint density at radius 1 is 1.06 bits per heavy atom. The van der Waals surface area contributed by atoms with Gasteiger partial charge < -0.3 is 0 Å². The summed E-state index contributed by atoms with van der Waals surface area (Å²) in [5.74, 6) is 4.98. The minimum absolute atomic E-state index is 0.179. The lowest BCUT2D eigenvalue weighted by molar-refractivity contribution is -0.158. The predicted molar refractivity (Wildman–Crippen MR) is 56.8 cm³/mol. The van der Waals surface area contributed by atoms with Crippen LogP contribution in [0.2, 0.25) is 0 Å². The summed E-state index contributed by atoms with van der Waals surface area (Å²) in [6.07, 6.45) is -4.39. The number of nitrogens with two attached hydrogens (primary N) is 1. The summed E-state index contributed by atoms with van der Waals surface area (Å²) >= 11 is 0. The monoisotopic (exact) mass is 232 g/mol. The van der Waals surface area contributed by atoms with Gasteiger partial charge >= 0.3 is 6.18 Å². The van der Waals surface area contributed by atoms with Crippen molar-refractivity contribution < 1.29 is 13.2 Å². The van der Waals surface area contributed by atoms with Crippen LogP contribution in [0.25, 0.3) is 0 Å². The Hall–Kier alpha value is -1.07. The number of hydrogen-bond acceptors (Lipinski definition) is 2. The Morgan fingerprint density at radius 2 is 1.56 bits per heavy atom.